The molecular formula is C9H14O6. The van der Waals surface area contributed by atoms with Gasteiger partial charge in [-0.15, -0.1) is 0 Å². The number of hydrogen-bond acceptors (Lipinski definition) is 6. The van der Waals surface area contributed by atoms with E-state index in [1.807, 2.05) is 0 Å². The summed E-state index contributed by atoms with van der Waals surface area (Å²) in [6, 6.07) is 0. The summed E-state index contributed by atoms with van der Waals surface area (Å²) in [7, 11) is 0. The minimum Gasteiger partial charge on any atom is -0.459 e. The molecule has 0 bridgehead atoms. The predicted molar refractivity (Wildman–Crippen MR) is 48.9 cm³/mol. The summed E-state index contributed by atoms with van der Waals surface area (Å²) in [4.78, 5) is 11.3. The van der Waals surface area contributed by atoms with Gasteiger partial charge in [0, 0.05) is 0 Å². The number of hydrogen-bond donors (Lipinski definition) is 3. The summed E-state index contributed by atoms with van der Waals surface area (Å²) in [5, 5.41) is 27.8. The molecule has 0 radical (unpaired) electrons. The fraction of sp³-hybridized carbons (Fsp3) is 0.667. The molecule has 6 heteroatoms. The molecule has 4 atom stereocenters. The Bertz CT molecular complexity index is 241. The SMILES string of the molecule is C=CCOC(=O)C1OCC(O)C(O)C1O. The fourth-order valence-corrected chi connectivity index (χ4v) is 1.24. The monoisotopic (exact) mass is 218 g/mol. The Morgan fingerprint density at radius 3 is 2.73 bits per heavy atom. The molecule has 3 N–H and O–H groups in total. The minimum absolute atomic E-state index is 0.00403. The van der Waals surface area contributed by atoms with Gasteiger partial charge < -0.3 is 24.8 Å². The molecule has 1 aliphatic heterocycles. The van der Waals surface area contributed by atoms with Crippen LogP contribution in [-0.4, -0.2) is 58.9 Å². The van der Waals surface area contributed by atoms with Gasteiger partial charge in [0.05, 0.1) is 6.61 Å². The summed E-state index contributed by atoms with van der Waals surface area (Å²) in [5.41, 5.74) is 0. The second-order valence-electron chi connectivity index (χ2n) is 3.22. The first-order chi connectivity index (χ1) is 7.07. The van der Waals surface area contributed by atoms with Crippen LogP contribution in [0.2, 0.25) is 0 Å². The first-order valence-corrected chi connectivity index (χ1v) is 4.51. The van der Waals surface area contributed by atoms with E-state index in [0.29, 0.717) is 0 Å². The zero-order valence-corrected chi connectivity index (χ0v) is 8.07. The van der Waals surface area contributed by atoms with E-state index < -0.39 is 30.4 Å². The molecule has 0 amide bonds. The first kappa shape index (κ1) is 12.1. The molecule has 1 rings (SSSR count). The van der Waals surface area contributed by atoms with Crippen molar-refractivity contribution < 1.29 is 29.6 Å². The zero-order chi connectivity index (χ0) is 11.4. The number of aliphatic hydroxyl groups excluding tert-OH is 3. The standard InChI is InChI=1S/C9H14O6/c1-2-3-14-9(13)8-7(12)6(11)5(10)4-15-8/h2,5-8,10-12H,1,3-4H2. The highest BCUT2D eigenvalue weighted by Gasteiger charge is 2.42. The molecule has 0 aromatic carbocycles. The first-order valence-electron chi connectivity index (χ1n) is 4.51. The molecule has 86 valence electrons. The molecule has 15 heavy (non-hydrogen) atoms. The van der Waals surface area contributed by atoms with Gasteiger partial charge in [0.25, 0.3) is 0 Å². The van der Waals surface area contributed by atoms with Crippen molar-refractivity contribution >= 4 is 5.97 Å². The van der Waals surface area contributed by atoms with Crippen molar-refractivity contribution in [3.05, 3.63) is 12.7 Å². The van der Waals surface area contributed by atoms with E-state index in [-0.39, 0.29) is 13.2 Å². The maximum absolute atomic E-state index is 11.3. The van der Waals surface area contributed by atoms with E-state index in [9.17, 15) is 15.0 Å². The Balaban J connectivity index is 2.55. The molecule has 0 aliphatic carbocycles. The molecule has 4 unspecified atom stereocenters. The van der Waals surface area contributed by atoms with Crippen molar-refractivity contribution in [3.63, 3.8) is 0 Å². The van der Waals surface area contributed by atoms with Crippen LogP contribution in [0.15, 0.2) is 12.7 Å². The van der Waals surface area contributed by atoms with Crippen molar-refractivity contribution in [1.29, 1.82) is 0 Å². The van der Waals surface area contributed by atoms with Crippen LogP contribution in [0.3, 0.4) is 0 Å². The van der Waals surface area contributed by atoms with Gasteiger partial charge in [0.15, 0.2) is 6.10 Å². The van der Waals surface area contributed by atoms with E-state index in [2.05, 4.69) is 11.3 Å². The summed E-state index contributed by atoms with van der Waals surface area (Å²) in [6.45, 7) is 3.14. The van der Waals surface area contributed by atoms with Crippen LogP contribution in [0.4, 0.5) is 0 Å². The molecular weight excluding hydrogens is 204 g/mol. The van der Waals surface area contributed by atoms with Gasteiger partial charge in [-0.3, -0.25) is 0 Å². The van der Waals surface area contributed by atoms with E-state index in [4.69, 9.17) is 9.84 Å². The Hall–Kier alpha value is -0.950. The summed E-state index contributed by atoms with van der Waals surface area (Å²) in [6.07, 6.45) is -3.96. The normalized spacial score (nSPS) is 35.9. The molecule has 6 nitrogen and oxygen atoms in total. The smallest absolute Gasteiger partial charge is 0.338 e. The van der Waals surface area contributed by atoms with Gasteiger partial charge in [0.2, 0.25) is 0 Å². The average molecular weight is 218 g/mol. The predicted octanol–water partition coefficient (Wildman–Crippen LogP) is -1.80. The number of carbonyl (C=O) groups is 1. The quantitative estimate of drug-likeness (QED) is 0.382. The van der Waals surface area contributed by atoms with Crippen molar-refractivity contribution in [3.8, 4) is 0 Å². The number of rotatable bonds is 3. The van der Waals surface area contributed by atoms with E-state index >= 15 is 0 Å². The molecule has 0 aromatic heterocycles. The maximum atomic E-state index is 11.3. The van der Waals surface area contributed by atoms with E-state index in [1.165, 1.54) is 6.08 Å². The van der Waals surface area contributed by atoms with Gasteiger partial charge in [-0.25, -0.2) is 4.79 Å². The van der Waals surface area contributed by atoms with Crippen molar-refractivity contribution in [2.45, 2.75) is 24.4 Å². The topological polar surface area (TPSA) is 96.2 Å². The zero-order valence-electron chi connectivity index (χ0n) is 8.07. The molecule has 1 saturated heterocycles. The highest BCUT2D eigenvalue weighted by atomic mass is 16.6. The minimum atomic E-state index is -1.48. The van der Waals surface area contributed by atoms with Crippen molar-refractivity contribution in [2.24, 2.45) is 0 Å². The second kappa shape index (κ2) is 5.22. The van der Waals surface area contributed by atoms with E-state index in [0.717, 1.165) is 0 Å². The number of ether oxygens (including phenoxy) is 2. The average Bonchev–Trinajstić information content (AvgIpc) is 2.23. The largest absolute Gasteiger partial charge is 0.459 e. The molecule has 0 saturated carbocycles. The van der Waals surface area contributed by atoms with Crippen LogP contribution in [0.25, 0.3) is 0 Å². The van der Waals surface area contributed by atoms with E-state index in [1.54, 1.807) is 0 Å². The Morgan fingerprint density at radius 1 is 1.47 bits per heavy atom. The lowest BCUT2D eigenvalue weighted by Gasteiger charge is -2.33. The maximum Gasteiger partial charge on any atom is 0.338 e. The van der Waals surface area contributed by atoms with Gasteiger partial charge >= 0.3 is 5.97 Å². The molecule has 1 aliphatic rings. The van der Waals surface area contributed by atoms with Gasteiger partial charge in [-0.1, -0.05) is 12.7 Å². The number of esters is 1. The Kier molecular flexibility index (Phi) is 4.22. The highest BCUT2D eigenvalue weighted by molar-refractivity contribution is 5.75. The highest BCUT2D eigenvalue weighted by Crippen LogP contribution is 2.16. The van der Waals surface area contributed by atoms with Gasteiger partial charge in [-0.05, 0) is 0 Å². The molecule has 0 spiro atoms. The van der Waals surface area contributed by atoms with Crippen LogP contribution in [0.5, 0.6) is 0 Å². The lowest BCUT2D eigenvalue weighted by molar-refractivity contribution is -0.204. The third kappa shape index (κ3) is 2.75. The second-order valence-corrected chi connectivity index (χ2v) is 3.22. The van der Waals surface area contributed by atoms with Gasteiger partial charge in [-0.2, -0.15) is 0 Å². The number of aliphatic hydroxyl groups is 3. The van der Waals surface area contributed by atoms with Crippen molar-refractivity contribution in [2.75, 3.05) is 13.2 Å². The van der Waals surface area contributed by atoms with Crippen molar-refractivity contribution in [1.82, 2.24) is 0 Å². The Morgan fingerprint density at radius 2 is 2.13 bits per heavy atom. The van der Waals surface area contributed by atoms with Crippen LogP contribution < -0.4 is 0 Å². The number of carbonyl (C=O) groups excluding carboxylic acids is 1. The van der Waals surface area contributed by atoms with Gasteiger partial charge in [0.1, 0.15) is 24.9 Å². The fourth-order valence-electron chi connectivity index (χ4n) is 1.24. The molecule has 1 fully saturated rings. The van der Waals surface area contributed by atoms with Crippen LogP contribution in [0.1, 0.15) is 0 Å². The third-order valence-corrected chi connectivity index (χ3v) is 2.08. The van der Waals surface area contributed by atoms with Crippen LogP contribution in [0, 0.1) is 0 Å². The molecule has 0 aromatic rings. The summed E-state index contributed by atoms with van der Waals surface area (Å²) >= 11 is 0. The Labute approximate surface area is 86.7 Å². The summed E-state index contributed by atoms with van der Waals surface area (Å²) < 4.78 is 9.51. The summed E-state index contributed by atoms with van der Waals surface area (Å²) in [5.74, 6) is -0.784. The lowest BCUT2D eigenvalue weighted by Crippen LogP contribution is -2.55. The molecule has 1 heterocycles. The lowest BCUT2D eigenvalue weighted by atomic mass is 10.0. The van der Waals surface area contributed by atoms with Crippen LogP contribution >= 0.6 is 0 Å². The third-order valence-electron chi connectivity index (χ3n) is 2.08. The van der Waals surface area contributed by atoms with Crippen LogP contribution in [-0.2, 0) is 14.3 Å².